The van der Waals surface area contributed by atoms with E-state index in [1.165, 1.54) is 18.5 Å². The molecule has 1 aliphatic heterocycles. The highest BCUT2D eigenvalue weighted by molar-refractivity contribution is 5.74. The van der Waals surface area contributed by atoms with E-state index < -0.39 is 23.3 Å². The second kappa shape index (κ2) is 5.26. The van der Waals surface area contributed by atoms with Gasteiger partial charge in [-0.25, -0.2) is 10.2 Å². The van der Waals surface area contributed by atoms with Crippen LogP contribution in [-0.4, -0.2) is 32.3 Å². The van der Waals surface area contributed by atoms with Crippen LogP contribution in [0.25, 0.3) is 0 Å². The molecule has 0 amide bonds. The Morgan fingerprint density at radius 2 is 2.29 bits per heavy atom. The van der Waals surface area contributed by atoms with E-state index in [9.17, 15) is 15.1 Å². The maximum Gasteiger partial charge on any atom is 0.321 e. The minimum Gasteiger partial charge on any atom is -0.595 e. The van der Waals surface area contributed by atoms with Gasteiger partial charge in [-0.3, -0.25) is 10.1 Å². The van der Waals surface area contributed by atoms with Crippen LogP contribution in [0.1, 0.15) is 23.0 Å². The summed E-state index contributed by atoms with van der Waals surface area (Å²) in [5.74, 6) is -0.949. The molecule has 5 N–H and O–H groups in total. The Labute approximate surface area is 119 Å². The van der Waals surface area contributed by atoms with Crippen molar-refractivity contribution < 1.29 is 20.3 Å². The number of carboxylic acids is 1. The van der Waals surface area contributed by atoms with Crippen LogP contribution in [-0.2, 0) is 11.2 Å². The number of imidazole rings is 1. The lowest BCUT2D eigenvalue weighted by atomic mass is 9.94. The first-order valence-corrected chi connectivity index (χ1v) is 6.40. The molecule has 0 aliphatic carbocycles. The average Bonchev–Trinajstić information content (AvgIpc) is 2.94. The number of nitrogens with one attached hydrogen (secondary N) is 3. The number of fused-ring (bicyclic) bond motifs is 1. The highest BCUT2D eigenvalue weighted by Crippen LogP contribution is 2.29. The number of H-pyrrole nitrogens is 1. The number of aliphatic carboxylic acids is 1. The van der Waals surface area contributed by atoms with Crippen LogP contribution in [0.3, 0.4) is 0 Å². The van der Waals surface area contributed by atoms with E-state index in [1.807, 2.05) is 0 Å². The van der Waals surface area contributed by atoms with Crippen molar-refractivity contribution in [2.75, 3.05) is 0 Å². The predicted octanol–water partition coefficient (Wildman–Crippen LogP) is -0.499. The number of hydrogen-bond acceptors (Lipinski definition) is 5. The molecule has 0 saturated heterocycles. The van der Waals surface area contributed by atoms with Crippen molar-refractivity contribution in [2.24, 2.45) is 0 Å². The van der Waals surface area contributed by atoms with Gasteiger partial charge in [-0.05, 0) is 5.56 Å². The second-order valence-electron chi connectivity index (χ2n) is 4.89. The molecule has 3 rings (SSSR count). The van der Waals surface area contributed by atoms with E-state index in [0.29, 0.717) is 17.7 Å². The number of hydrogen-bond donors (Lipinski definition) is 5. The summed E-state index contributed by atoms with van der Waals surface area (Å²) in [5, 5.41) is 31.3. The number of aromatic amines is 1. The SMILES string of the molecule is O=C(O)C1Cc2[nH]cnc2C(c2cccc([NH+]([O-])O)c2)N1. The van der Waals surface area contributed by atoms with Crippen molar-refractivity contribution in [3.63, 3.8) is 0 Å². The predicted molar refractivity (Wildman–Crippen MR) is 70.9 cm³/mol. The third-order valence-electron chi connectivity index (χ3n) is 3.57. The molecule has 110 valence electrons. The van der Waals surface area contributed by atoms with E-state index in [-0.39, 0.29) is 5.69 Å². The Balaban J connectivity index is 2.01. The van der Waals surface area contributed by atoms with E-state index >= 15 is 0 Å². The minimum atomic E-state index is -1.02. The number of benzene rings is 1. The fraction of sp³-hybridized carbons (Fsp3) is 0.231. The van der Waals surface area contributed by atoms with E-state index in [1.54, 1.807) is 12.1 Å². The van der Waals surface area contributed by atoms with Crippen LogP contribution in [0.2, 0.25) is 0 Å². The van der Waals surface area contributed by atoms with E-state index in [2.05, 4.69) is 15.3 Å². The van der Waals surface area contributed by atoms with Gasteiger partial charge < -0.3 is 15.3 Å². The van der Waals surface area contributed by atoms with Crippen molar-refractivity contribution in [3.8, 4) is 0 Å². The largest absolute Gasteiger partial charge is 0.595 e. The lowest BCUT2D eigenvalue weighted by molar-refractivity contribution is -0.991. The normalized spacial score (nSPS) is 22.6. The molecule has 2 aromatic rings. The molecule has 0 saturated carbocycles. The molecule has 0 bridgehead atoms. The average molecular weight is 290 g/mol. The molecule has 8 nitrogen and oxygen atoms in total. The summed E-state index contributed by atoms with van der Waals surface area (Å²) in [6.07, 6.45) is 1.84. The Hall–Kier alpha value is -2.26. The molecule has 0 radical (unpaired) electrons. The molecular weight excluding hydrogens is 276 g/mol. The van der Waals surface area contributed by atoms with E-state index in [4.69, 9.17) is 5.21 Å². The quantitative estimate of drug-likeness (QED) is 0.485. The number of quaternary nitrogens is 1. The summed E-state index contributed by atoms with van der Waals surface area (Å²) in [6, 6.07) is 5.23. The first-order valence-electron chi connectivity index (χ1n) is 6.40. The lowest BCUT2D eigenvalue weighted by Gasteiger charge is -2.28. The maximum absolute atomic E-state index is 11.2. The first-order chi connectivity index (χ1) is 10.1. The van der Waals surface area contributed by atoms with Gasteiger partial charge in [0.05, 0.1) is 18.1 Å². The zero-order chi connectivity index (χ0) is 15.0. The third kappa shape index (κ3) is 2.52. The van der Waals surface area contributed by atoms with Gasteiger partial charge in [0, 0.05) is 24.2 Å². The second-order valence-corrected chi connectivity index (χ2v) is 4.89. The van der Waals surface area contributed by atoms with Gasteiger partial charge in [0.15, 0.2) is 5.69 Å². The number of carboxylic acid groups (broad SMARTS) is 1. The third-order valence-corrected chi connectivity index (χ3v) is 3.57. The van der Waals surface area contributed by atoms with Crippen molar-refractivity contribution >= 4 is 11.7 Å². The molecular formula is C13H14N4O4. The van der Waals surface area contributed by atoms with Crippen molar-refractivity contribution in [1.82, 2.24) is 15.3 Å². The van der Waals surface area contributed by atoms with Crippen molar-refractivity contribution in [2.45, 2.75) is 18.5 Å². The molecule has 8 heteroatoms. The monoisotopic (exact) mass is 290 g/mol. The van der Waals surface area contributed by atoms with Gasteiger partial charge in [-0.2, -0.15) is 5.23 Å². The molecule has 3 unspecified atom stereocenters. The van der Waals surface area contributed by atoms with Crippen LogP contribution < -0.4 is 10.5 Å². The summed E-state index contributed by atoms with van der Waals surface area (Å²) in [5.41, 5.74) is 2.29. The van der Waals surface area contributed by atoms with Crippen molar-refractivity contribution in [3.05, 3.63) is 52.8 Å². The number of aromatic nitrogens is 2. The van der Waals surface area contributed by atoms with Crippen LogP contribution in [0.5, 0.6) is 0 Å². The van der Waals surface area contributed by atoms with E-state index in [0.717, 1.165) is 5.69 Å². The van der Waals surface area contributed by atoms with Gasteiger partial charge in [0.25, 0.3) is 0 Å². The highest BCUT2D eigenvalue weighted by atomic mass is 16.8. The molecule has 1 aliphatic rings. The molecule has 3 atom stereocenters. The Morgan fingerprint density at radius 1 is 1.48 bits per heavy atom. The van der Waals surface area contributed by atoms with Crippen LogP contribution in [0.15, 0.2) is 30.6 Å². The minimum absolute atomic E-state index is 0.156. The number of rotatable bonds is 3. The molecule has 0 spiro atoms. The molecule has 1 aromatic carbocycles. The molecule has 1 aromatic heterocycles. The van der Waals surface area contributed by atoms with Gasteiger partial charge >= 0.3 is 5.97 Å². The summed E-state index contributed by atoms with van der Waals surface area (Å²) < 4.78 is 0. The summed E-state index contributed by atoms with van der Waals surface area (Å²) in [6.45, 7) is 0. The summed E-state index contributed by atoms with van der Waals surface area (Å²) in [7, 11) is 0. The Kier molecular flexibility index (Phi) is 3.43. The maximum atomic E-state index is 11.2. The molecule has 2 heterocycles. The van der Waals surface area contributed by atoms with Gasteiger partial charge in [0.2, 0.25) is 0 Å². The van der Waals surface area contributed by atoms with Crippen LogP contribution in [0, 0.1) is 5.21 Å². The fourth-order valence-electron chi connectivity index (χ4n) is 2.55. The van der Waals surface area contributed by atoms with Crippen molar-refractivity contribution in [1.29, 1.82) is 0 Å². The van der Waals surface area contributed by atoms with Crippen LogP contribution >= 0.6 is 0 Å². The standard InChI is InChI=1S/C13H14N4O4/c18-13(19)10-5-9-12(15-6-14-9)11(16-10)7-2-1-3-8(4-7)17(20)21/h1-4,6,10-11,16-17,20H,5H2,(H,14,15)(H,18,19). The summed E-state index contributed by atoms with van der Waals surface area (Å²) >= 11 is 0. The first kappa shape index (κ1) is 13.7. The number of carbonyl (C=O) groups is 1. The zero-order valence-electron chi connectivity index (χ0n) is 10.9. The lowest BCUT2D eigenvalue weighted by Crippen LogP contribution is -2.99. The summed E-state index contributed by atoms with van der Waals surface area (Å²) in [4.78, 5) is 18.4. The fourth-order valence-corrected chi connectivity index (χ4v) is 2.55. The molecule has 21 heavy (non-hydrogen) atoms. The highest BCUT2D eigenvalue weighted by Gasteiger charge is 2.33. The topological polar surface area (TPSA) is 126 Å². The molecule has 0 fully saturated rings. The number of nitrogens with zero attached hydrogens (tertiary/aromatic N) is 1. The van der Waals surface area contributed by atoms with Gasteiger partial charge in [-0.15, -0.1) is 0 Å². The van der Waals surface area contributed by atoms with Gasteiger partial charge in [-0.1, -0.05) is 12.1 Å². The zero-order valence-corrected chi connectivity index (χ0v) is 10.9. The smallest absolute Gasteiger partial charge is 0.321 e. The Morgan fingerprint density at radius 3 is 3.00 bits per heavy atom. The Bertz CT molecular complexity index is 670. The van der Waals surface area contributed by atoms with Gasteiger partial charge in [0.1, 0.15) is 6.04 Å². The van der Waals surface area contributed by atoms with Crippen LogP contribution in [0.4, 0.5) is 5.69 Å².